The minimum Gasteiger partial charge on any atom is -0.508 e. The summed E-state index contributed by atoms with van der Waals surface area (Å²) < 4.78 is 29.0. The molecule has 0 spiro atoms. The number of hydrogen-bond acceptors (Lipinski definition) is 14. The summed E-state index contributed by atoms with van der Waals surface area (Å²) in [7, 11) is 0. The van der Waals surface area contributed by atoms with Gasteiger partial charge in [-0.05, 0) is 51.5 Å². The van der Waals surface area contributed by atoms with Gasteiger partial charge < -0.3 is 64.2 Å². The first kappa shape index (κ1) is 32.7. The molecule has 0 bridgehead atoms. The van der Waals surface area contributed by atoms with Gasteiger partial charge >= 0.3 is 0 Å². The maximum absolute atomic E-state index is 14.1. The molecule has 45 heavy (non-hydrogen) atoms. The van der Waals surface area contributed by atoms with Gasteiger partial charge in [-0.2, -0.15) is 0 Å². The van der Waals surface area contributed by atoms with Gasteiger partial charge in [0.2, 0.25) is 17.5 Å². The van der Waals surface area contributed by atoms with Crippen molar-refractivity contribution in [2.75, 3.05) is 6.61 Å². The van der Waals surface area contributed by atoms with Crippen molar-refractivity contribution in [3.63, 3.8) is 0 Å². The zero-order chi connectivity index (χ0) is 32.7. The Bertz CT molecular complexity index is 1610. The van der Waals surface area contributed by atoms with Crippen LogP contribution in [-0.2, 0) is 20.6 Å². The molecule has 8 N–H and O–H groups in total. The summed E-state index contributed by atoms with van der Waals surface area (Å²) >= 11 is 0. The average molecular weight is 633 g/mol. The van der Waals surface area contributed by atoms with E-state index >= 15 is 0 Å². The maximum atomic E-state index is 14.1. The molecule has 3 heterocycles. The smallest absolute Gasteiger partial charge is 0.239 e. The molecular formula is C31H36O14. The van der Waals surface area contributed by atoms with Crippen molar-refractivity contribution in [3.8, 4) is 34.3 Å². The summed E-state index contributed by atoms with van der Waals surface area (Å²) in [6, 6.07) is 6.53. The first-order valence-electron chi connectivity index (χ1n) is 14.2. The summed E-state index contributed by atoms with van der Waals surface area (Å²) in [6.07, 6.45) is -12.1. The summed E-state index contributed by atoms with van der Waals surface area (Å²) in [5, 5.41) is 82.9. The third-order valence-electron chi connectivity index (χ3n) is 7.79. The Kier molecular flexibility index (Phi) is 9.39. The van der Waals surface area contributed by atoms with Crippen LogP contribution in [0.5, 0.6) is 23.0 Å². The molecule has 0 aliphatic carbocycles. The number of allylic oxidation sites excluding steroid dienone is 2. The van der Waals surface area contributed by atoms with E-state index in [9.17, 15) is 45.6 Å². The van der Waals surface area contributed by atoms with Gasteiger partial charge in [0.15, 0.2) is 18.2 Å². The Morgan fingerprint density at radius 2 is 1.62 bits per heavy atom. The number of rotatable bonds is 7. The topological polar surface area (TPSA) is 229 Å². The first-order valence-corrected chi connectivity index (χ1v) is 14.2. The van der Waals surface area contributed by atoms with E-state index in [0.717, 1.165) is 11.6 Å². The molecule has 0 saturated carbocycles. The van der Waals surface area contributed by atoms with E-state index < -0.39 is 78.8 Å². The van der Waals surface area contributed by atoms with Crippen LogP contribution in [-0.4, -0.2) is 103 Å². The molecule has 1 aromatic heterocycles. The normalized spacial score (nSPS) is 30.3. The molecule has 14 heteroatoms. The molecule has 3 aromatic rings. The molecular weight excluding hydrogens is 596 g/mol. The van der Waals surface area contributed by atoms with Crippen molar-refractivity contribution in [2.24, 2.45) is 0 Å². The summed E-state index contributed by atoms with van der Waals surface area (Å²) in [5.74, 6) is -1.72. The van der Waals surface area contributed by atoms with Gasteiger partial charge in [-0.15, -0.1) is 0 Å². The lowest BCUT2D eigenvalue weighted by molar-refractivity contribution is -0.341. The van der Waals surface area contributed by atoms with Crippen molar-refractivity contribution in [1.82, 2.24) is 0 Å². The number of aliphatic hydroxyl groups is 5. The van der Waals surface area contributed by atoms with Crippen molar-refractivity contribution < 1.29 is 64.2 Å². The lowest BCUT2D eigenvalue weighted by atomic mass is 9.99. The molecule has 2 saturated heterocycles. The van der Waals surface area contributed by atoms with Crippen LogP contribution in [0.4, 0.5) is 0 Å². The molecule has 0 amide bonds. The number of hydrogen-bond donors (Lipinski definition) is 8. The molecule has 2 aromatic carbocycles. The second-order valence-electron chi connectivity index (χ2n) is 11.4. The standard InChI is InChI=1S/C31H36O14/c1-12(2)4-9-16-17(33)10-18(34)20-23(38)28(26(43-27(16)20)14-5-7-15(32)8-6-14)44-31-29(24(39)21(36)13(3)42-31)45-30-25(40)22(37)19(35)11-41-30/h4-8,10,13,19,21-22,24-25,29-37,39-40H,9,11H2,1-3H3/t13-,19+,21-,22-,24+,25+,29+,30-,31-/m0/s1. The van der Waals surface area contributed by atoms with E-state index in [1.165, 1.54) is 31.2 Å². The van der Waals surface area contributed by atoms with Gasteiger partial charge in [0.25, 0.3) is 0 Å². The molecule has 244 valence electrons. The van der Waals surface area contributed by atoms with Crippen LogP contribution in [0.1, 0.15) is 26.3 Å². The SMILES string of the molecule is CC(C)=CCc1c(O)cc(O)c2c(=O)c(O[C@@H]3O[C@@H](C)[C@H](O)[C@@H](O)[C@H]3O[C@@H]3OC[C@@H](O)[C@H](O)[C@H]3O)c(-c3ccc(O)cc3)oc12. The number of ether oxygens (including phenoxy) is 4. The highest BCUT2D eigenvalue weighted by Gasteiger charge is 2.49. The van der Waals surface area contributed by atoms with Crippen LogP contribution in [0.2, 0.25) is 0 Å². The Labute approximate surface area is 256 Å². The highest BCUT2D eigenvalue weighted by atomic mass is 16.8. The Morgan fingerprint density at radius 1 is 0.933 bits per heavy atom. The minimum absolute atomic E-state index is 0.0859. The molecule has 0 radical (unpaired) electrons. The number of aliphatic hydroxyl groups excluding tert-OH is 5. The second kappa shape index (κ2) is 12.9. The molecule has 9 atom stereocenters. The summed E-state index contributed by atoms with van der Waals surface area (Å²) in [6.45, 7) is 4.70. The minimum atomic E-state index is -1.76. The molecule has 14 nitrogen and oxygen atoms in total. The van der Waals surface area contributed by atoms with Gasteiger partial charge in [0.05, 0.1) is 12.7 Å². The Balaban J connectivity index is 1.65. The van der Waals surface area contributed by atoms with Gasteiger partial charge in [-0.25, -0.2) is 0 Å². The van der Waals surface area contributed by atoms with E-state index in [2.05, 4.69) is 0 Å². The molecule has 2 aliphatic rings. The lowest BCUT2D eigenvalue weighted by Crippen LogP contribution is -2.62. The predicted molar refractivity (Wildman–Crippen MR) is 156 cm³/mol. The number of benzene rings is 2. The van der Waals surface area contributed by atoms with Crippen molar-refractivity contribution in [1.29, 1.82) is 0 Å². The fraction of sp³-hybridized carbons (Fsp3) is 0.452. The number of fused-ring (bicyclic) bond motifs is 1. The zero-order valence-corrected chi connectivity index (χ0v) is 24.6. The zero-order valence-electron chi connectivity index (χ0n) is 24.6. The summed E-state index contributed by atoms with van der Waals surface area (Å²) in [5.41, 5.74) is 0.347. The van der Waals surface area contributed by atoms with Crippen LogP contribution in [0.15, 0.2) is 51.2 Å². The second-order valence-corrected chi connectivity index (χ2v) is 11.4. The van der Waals surface area contributed by atoms with E-state index in [1.807, 2.05) is 13.8 Å². The van der Waals surface area contributed by atoms with Gasteiger partial charge in [-0.3, -0.25) is 4.79 Å². The Morgan fingerprint density at radius 3 is 2.29 bits per heavy atom. The van der Waals surface area contributed by atoms with Crippen LogP contribution in [0.3, 0.4) is 0 Å². The van der Waals surface area contributed by atoms with E-state index in [0.29, 0.717) is 0 Å². The maximum Gasteiger partial charge on any atom is 0.239 e. The van der Waals surface area contributed by atoms with Crippen molar-refractivity contribution in [3.05, 3.63) is 57.8 Å². The third kappa shape index (κ3) is 6.36. The van der Waals surface area contributed by atoms with Crippen LogP contribution in [0, 0.1) is 0 Å². The Hall–Kier alpha value is -3.73. The largest absolute Gasteiger partial charge is 0.508 e. The van der Waals surface area contributed by atoms with E-state index in [1.54, 1.807) is 6.08 Å². The van der Waals surface area contributed by atoms with Gasteiger partial charge in [0, 0.05) is 17.2 Å². The molecule has 2 fully saturated rings. The quantitative estimate of drug-likeness (QED) is 0.168. The highest BCUT2D eigenvalue weighted by Crippen LogP contribution is 2.40. The van der Waals surface area contributed by atoms with Gasteiger partial charge in [-0.1, -0.05) is 11.6 Å². The van der Waals surface area contributed by atoms with Crippen LogP contribution < -0.4 is 10.2 Å². The van der Waals surface area contributed by atoms with E-state index in [4.69, 9.17) is 23.4 Å². The first-order chi connectivity index (χ1) is 21.3. The average Bonchev–Trinajstić information content (AvgIpc) is 2.98. The molecule has 2 aliphatic heterocycles. The number of phenols is 3. The lowest BCUT2D eigenvalue weighted by Gasteiger charge is -2.44. The van der Waals surface area contributed by atoms with Gasteiger partial charge in [0.1, 0.15) is 58.7 Å². The molecule has 0 unspecified atom stereocenters. The van der Waals surface area contributed by atoms with Crippen LogP contribution in [0.25, 0.3) is 22.3 Å². The summed E-state index contributed by atoms with van der Waals surface area (Å²) in [4.78, 5) is 14.1. The predicted octanol–water partition coefficient (Wildman–Crippen LogP) is 0.755. The van der Waals surface area contributed by atoms with Crippen molar-refractivity contribution in [2.45, 2.75) is 82.5 Å². The van der Waals surface area contributed by atoms with Crippen LogP contribution >= 0.6 is 0 Å². The molecule has 5 rings (SSSR count). The monoisotopic (exact) mass is 632 g/mol. The van der Waals surface area contributed by atoms with Crippen molar-refractivity contribution >= 4 is 11.0 Å². The third-order valence-corrected chi connectivity index (χ3v) is 7.79. The fourth-order valence-electron chi connectivity index (χ4n) is 5.19. The number of phenolic OH excluding ortho intramolecular Hbond substituents is 3. The number of aromatic hydroxyl groups is 3. The fourth-order valence-corrected chi connectivity index (χ4v) is 5.19. The highest BCUT2D eigenvalue weighted by molar-refractivity contribution is 5.91. The van der Waals surface area contributed by atoms with E-state index in [-0.39, 0.29) is 45.8 Å².